The summed E-state index contributed by atoms with van der Waals surface area (Å²) >= 11 is 0. The Morgan fingerprint density at radius 2 is 0.907 bits per heavy atom. The summed E-state index contributed by atoms with van der Waals surface area (Å²) in [6.07, 6.45) is 43.5. The third-order valence-electron chi connectivity index (χ3n) is 9.56. The van der Waals surface area contributed by atoms with Gasteiger partial charge in [-0.15, -0.1) is 0 Å². The van der Waals surface area contributed by atoms with E-state index in [1.54, 1.807) is 0 Å². The molecule has 0 fully saturated rings. The zero-order chi connectivity index (χ0) is 39.6. The van der Waals surface area contributed by atoms with Gasteiger partial charge < -0.3 is 20.1 Å². The van der Waals surface area contributed by atoms with Gasteiger partial charge in [-0.1, -0.05) is 160 Å². The summed E-state index contributed by atoms with van der Waals surface area (Å²) in [5.41, 5.74) is 5.35. The Labute approximate surface area is 332 Å². The quantitative estimate of drug-likeness (QED) is 0.0268. The van der Waals surface area contributed by atoms with E-state index in [-0.39, 0.29) is 38.6 Å². The van der Waals surface area contributed by atoms with Crippen molar-refractivity contribution < 1.29 is 37.6 Å². The van der Waals surface area contributed by atoms with Crippen LogP contribution in [0.15, 0.2) is 24.3 Å². The van der Waals surface area contributed by atoms with Crippen LogP contribution in [0.5, 0.6) is 0 Å². The summed E-state index contributed by atoms with van der Waals surface area (Å²) in [5, 5.41) is 0. The van der Waals surface area contributed by atoms with Crippen LogP contribution in [0.25, 0.3) is 0 Å². The minimum absolute atomic E-state index is 0.0534. The molecule has 9 nitrogen and oxygen atoms in total. The van der Waals surface area contributed by atoms with Crippen LogP contribution in [0.1, 0.15) is 213 Å². The van der Waals surface area contributed by atoms with Crippen LogP contribution in [-0.2, 0) is 32.7 Å². The van der Waals surface area contributed by atoms with Crippen molar-refractivity contribution >= 4 is 19.8 Å². The first-order valence-corrected chi connectivity index (χ1v) is 23.8. The molecule has 0 rings (SSSR count). The first kappa shape index (κ1) is 52.5. The van der Waals surface area contributed by atoms with Crippen LogP contribution < -0.4 is 5.73 Å². The summed E-state index contributed by atoms with van der Waals surface area (Å²) in [6.45, 7) is 3.71. The smallest absolute Gasteiger partial charge is 0.462 e. The highest BCUT2D eigenvalue weighted by molar-refractivity contribution is 7.47. The fraction of sp³-hybridized carbons (Fsp3) is 0.864. The average Bonchev–Trinajstić information content (AvgIpc) is 3.16. The molecule has 0 heterocycles. The first-order valence-electron chi connectivity index (χ1n) is 22.3. The zero-order valence-corrected chi connectivity index (χ0v) is 35.9. The second-order valence-corrected chi connectivity index (χ2v) is 16.4. The second kappa shape index (κ2) is 41.1. The average molecular weight is 786 g/mol. The third-order valence-corrected chi connectivity index (χ3v) is 10.5. The topological polar surface area (TPSA) is 134 Å². The monoisotopic (exact) mass is 786 g/mol. The van der Waals surface area contributed by atoms with E-state index in [1.807, 2.05) is 0 Å². The van der Waals surface area contributed by atoms with Gasteiger partial charge in [-0.3, -0.25) is 18.6 Å². The molecule has 0 amide bonds. The number of hydrogen-bond acceptors (Lipinski definition) is 8. The van der Waals surface area contributed by atoms with Gasteiger partial charge in [0.2, 0.25) is 0 Å². The fourth-order valence-electron chi connectivity index (χ4n) is 6.21. The molecule has 0 saturated heterocycles. The lowest BCUT2D eigenvalue weighted by atomic mass is 10.0. The van der Waals surface area contributed by atoms with Gasteiger partial charge in [-0.05, 0) is 64.2 Å². The third kappa shape index (κ3) is 40.2. The van der Waals surface area contributed by atoms with Crippen LogP contribution in [0.3, 0.4) is 0 Å². The van der Waals surface area contributed by atoms with Crippen molar-refractivity contribution in [2.45, 2.75) is 219 Å². The van der Waals surface area contributed by atoms with Crippen LogP contribution in [0.2, 0.25) is 0 Å². The molecule has 10 heteroatoms. The van der Waals surface area contributed by atoms with Gasteiger partial charge in [0.1, 0.15) is 6.61 Å². The van der Waals surface area contributed by atoms with E-state index in [1.165, 1.54) is 122 Å². The fourth-order valence-corrected chi connectivity index (χ4v) is 6.98. The maximum atomic E-state index is 12.6. The number of unbranched alkanes of at least 4 members (excludes halogenated alkanes) is 25. The summed E-state index contributed by atoms with van der Waals surface area (Å²) in [4.78, 5) is 34.8. The SMILES string of the molecule is CCCCC/C=C/CCCCCCCC(=O)OC[C@H](COP(=O)(O)OCCN)OC(=O)CCCCCCCCCCCCC/C=C/CCCCCCCC. The Balaban J connectivity index is 4.08. The molecule has 0 radical (unpaired) electrons. The van der Waals surface area contributed by atoms with Gasteiger partial charge in [0.05, 0.1) is 13.2 Å². The maximum absolute atomic E-state index is 12.6. The van der Waals surface area contributed by atoms with Crippen molar-refractivity contribution in [2.24, 2.45) is 5.73 Å². The molecule has 3 N–H and O–H groups in total. The molecule has 2 atom stereocenters. The van der Waals surface area contributed by atoms with Gasteiger partial charge in [-0.25, -0.2) is 4.57 Å². The molecule has 0 spiro atoms. The Morgan fingerprint density at radius 1 is 0.537 bits per heavy atom. The highest BCUT2D eigenvalue weighted by atomic mass is 31.2. The number of phosphoric acid groups is 1. The van der Waals surface area contributed by atoms with E-state index in [9.17, 15) is 19.0 Å². The number of allylic oxidation sites excluding steroid dienone is 4. The van der Waals surface area contributed by atoms with E-state index in [0.717, 1.165) is 57.8 Å². The predicted molar refractivity (Wildman–Crippen MR) is 224 cm³/mol. The molecule has 0 aromatic carbocycles. The van der Waals surface area contributed by atoms with Crippen molar-refractivity contribution in [3.63, 3.8) is 0 Å². The number of hydrogen-bond donors (Lipinski definition) is 2. The van der Waals surface area contributed by atoms with Crippen molar-refractivity contribution in [3.05, 3.63) is 24.3 Å². The van der Waals surface area contributed by atoms with Gasteiger partial charge in [-0.2, -0.15) is 0 Å². The van der Waals surface area contributed by atoms with Gasteiger partial charge >= 0.3 is 19.8 Å². The lowest BCUT2D eigenvalue weighted by molar-refractivity contribution is -0.161. The number of carbonyl (C=O) groups excluding carboxylic acids is 2. The van der Waals surface area contributed by atoms with Crippen LogP contribution in [-0.4, -0.2) is 49.3 Å². The van der Waals surface area contributed by atoms with Crippen LogP contribution in [0.4, 0.5) is 0 Å². The van der Waals surface area contributed by atoms with E-state index >= 15 is 0 Å². The molecular formula is C44H84NO8P. The molecule has 0 aliphatic rings. The molecule has 1 unspecified atom stereocenters. The van der Waals surface area contributed by atoms with E-state index in [0.29, 0.717) is 6.42 Å². The van der Waals surface area contributed by atoms with E-state index < -0.39 is 26.5 Å². The molecule has 0 aromatic heterocycles. The first-order chi connectivity index (χ1) is 26.3. The van der Waals surface area contributed by atoms with Crippen molar-refractivity contribution in [2.75, 3.05) is 26.4 Å². The van der Waals surface area contributed by atoms with Gasteiger partial charge in [0, 0.05) is 19.4 Å². The summed E-state index contributed by atoms with van der Waals surface area (Å²) in [7, 11) is -4.37. The van der Waals surface area contributed by atoms with Crippen LogP contribution in [0, 0.1) is 0 Å². The number of phosphoric ester groups is 1. The normalized spacial score (nSPS) is 13.5. The van der Waals surface area contributed by atoms with Crippen LogP contribution >= 0.6 is 7.82 Å². The Bertz CT molecular complexity index is 944. The molecule has 0 saturated carbocycles. The molecule has 318 valence electrons. The minimum atomic E-state index is -4.37. The number of ether oxygens (including phenoxy) is 2. The second-order valence-electron chi connectivity index (χ2n) is 14.9. The summed E-state index contributed by atoms with van der Waals surface area (Å²) in [5.74, 6) is -0.834. The summed E-state index contributed by atoms with van der Waals surface area (Å²) < 4.78 is 32.8. The lowest BCUT2D eigenvalue weighted by Crippen LogP contribution is -2.29. The lowest BCUT2D eigenvalue weighted by Gasteiger charge is -2.19. The number of esters is 2. The number of nitrogens with two attached hydrogens (primary N) is 1. The highest BCUT2D eigenvalue weighted by Crippen LogP contribution is 2.43. The molecule has 0 bridgehead atoms. The highest BCUT2D eigenvalue weighted by Gasteiger charge is 2.26. The molecule has 54 heavy (non-hydrogen) atoms. The van der Waals surface area contributed by atoms with Gasteiger partial charge in [0.25, 0.3) is 0 Å². The number of carbonyl (C=O) groups is 2. The Hall–Kier alpha value is -1.51. The Morgan fingerprint density at radius 3 is 1.35 bits per heavy atom. The Kier molecular flexibility index (Phi) is 40.0. The van der Waals surface area contributed by atoms with Gasteiger partial charge in [0.15, 0.2) is 6.10 Å². The molecule has 0 aliphatic heterocycles. The van der Waals surface area contributed by atoms with Crippen molar-refractivity contribution in [1.29, 1.82) is 0 Å². The number of rotatable bonds is 42. The van der Waals surface area contributed by atoms with Crippen molar-refractivity contribution in [3.8, 4) is 0 Å². The summed E-state index contributed by atoms with van der Waals surface area (Å²) in [6, 6.07) is 0. The molecule has 0 aromatic rings. The van der Waals surface area contributed by atoms with Crippen molar-refractivity contribution in [1.82, 2.24) is 0 Å². The standard InChI is InChI=1S/C44H84NO8P/c1-3-5-7-9-11-13-15-17-18-19-20-21-22-23-24-25-27-29-31-33-35-37-44(47)53-42(41-52-54(48,49)51-39-38-45)40-50-43(46)36-34-32-30-28-26-16-14-12-10-8-6-4-2/h12,14,17-18,42H,3-11,13,15-16,19-41,45H2,1-2H3,(H,48,49)/b14-12+,18-17+/t42-/m1/s1. The predicted octanol–water partition coefficient (Wildman–Crippen LogP) is 12.8. The largest absolute Gasteiger partial charge is 0.472 e. The zero-order valence-electron chi connectivity index (χ0n) is 35.0. The van der Waals surface area contributed by atoms with E-state index in [2.05, 4.69) is 38.2 Å². The molecule has 0 aliphatic carbocycles. The maximum Gasteiger partial charge on any atom is 0.472 e. The van der Waals surface area contributed by atoms with E-state index in [4.69, 9.17) is 24.3 Å². The minimum Gasteiger partial charge on any atom is -0.462 e. The molecular weight excluding hydrogens is 701 g/mol.